The molecule has 0 spiro atoms. The minimum atomic E-state index is -0.533. The molecular weight excluding hydrogens is 466 g/mol. The number of halogens is 1. The standard InChI is InChI=1S/C22H22ClN5O4S/c1-14-8-9-17(12-19(14)23)27-21(7-4-10-24-15(2)29)25-26-22(27)33-13-20(30)16-5-3-6-18(11-16)28(31)32/h3,5-6,8-9,11-12H,4,7,10,13H2,1-2H3,(H,24,29). The van der Waals surface area contributed by atoms with E-state index in [9.17, 15) is 19.7 Å². The molecule has 1 heterocycles. The number of amides is 1. The van der Waals surface area contributed by atoms with Crippen molar-refractivity contribution >= 4 is 40.7 Å². The van der Waals surface area contributed by atoms with Gasteiger partial charge in [-0.1, -0.05) is 41.6 Å². The molecule has 0 unspecified atom stereocenters. The van der Waals surface area contributed by atoms with Crippen LogP contribution < -0.4 is 5.32 Å². The van der Waals surface area contributed by atoms with Gasteiger partial charge in [0.25, 0.3) is 5.69 Å². The van der Waals surface area contributed by atoms with E-state index in [0.29, 0.717) is 35.4 Å². The number of rotatable bonds is 10. The van der Waals surface area contributed by atoms with Gasteiger partial charge in [-0.25, -0.2) is 0 Å². The summed E-state index contributed by atoms with van der Waals surface area (Å²) in [6.45, 7) is 3.87. The zero-order valence-corrected chi connectivity index (χ0v) is 19.7. The molecule has 0 atom stereocenters. The van der Waals surface area contributed by atoms with Gasteiger partial charge in [0.1, 0.15) is 5.82 Å². The number of nitro benzene ring substituents is 1. The lowest BCUT2D eigenvalue weighted by Gasteiger charge is -2.11. The quantitative estimate of drug-likeness (QED) is 0.150. The number of hydrogen-bond acceptors (Lipinski definition) is 7. The third kappa shape index (κ3) is 6.39. The Hall–Kier alpha value is -3.24. The van der Waals surface area contributed by atoms with Gasteiger partial charge in [0.05, 0.1) is 16.4 Å². The van der Waals surface area contributed by atoms with Gasteiger partial charge in [0, 0.05) is 42.6 Å². The van der Waals surface area contributed by atoms with Crippen molar-refractivity contribution in [3.8, 4) is 5.69 Å². The van der Waals surface area contributed by atoms with Crippen LogP contribution in [0.25, 0.3) is 5.69 Å². The maximum atomic E-state index is 12.7. The normalized spacial score (nSPS) is 10.8. The van der Waals surface area contributed by atoms with Crippen molar-refractivity contribution in [2.75, 3.05) is 12.3 Å². The molecule has 0 aliphatic rings. The second-order valence-corrected chi connectivity index (χ2v) is 8.62. The third-order valence-corrected chi connectivity index (χ3v) is 6.11. The van der Waals surface area contributed by atoms with Crippen LogP contribution in [0.4, 0.5) is 5.69 Å². The molecular formula is C22H22ClN5O4S. The van der Waals surface area contributed by atoms with Crippen molar-refractivity contribution < 1.29 is 14.5 Å². The minimum Gasteiger partial charge on any atom is -0.356 e. The molecule has 172 valence electrons. The summed E-state index contributed by atoms with van der Waals surface area (Å²) in [7, 11) is 0. The summed E-state index contributed by atoms with van der Waals surface area (Å²) in [5.41, 5.74) is 1.81. The highest BCUT2D eigenvalue weighted by molar-refractivity contribution is 7.99. The van der Waals surface area contributed by atoms with Gasteiger partial charge in [-0.2, -0.15) is 0 Å². The number of carbonyl (C=O) groups is 2. The first kappa shape index (κ1) is 24.4. The lowest BCUT2D eigenvalue weighted by molar-refractivity contribution is -0.384. The molecule has 0 saturated heterocycles. The van der Waals surface area contributed by atoms with E-state index in [0.717, 1.165) is 11.3 Å². The molecule has 0 bridgehead atoms. The van der Waals surface area contributed by atoms with E-state index in [2.05, 4.69) is 15.5 Å². The van der Waals surface area contributed by atoms with Gasteiger partial charge in [-0.15, -0.1) is 10.2 Å². The van der Waals surface area contributed by atoms with E-state index in [-0.39, 0.29) is 28.7 Å². The number of nitrogens with zero attached hydrogens (tertiary/aromatic N) is 4. The molecule has 1 amide bonds. The summed E-state index contributed by atoms with van der Waals surface area (Å²) in [6, 6.07) is 11.2. The Labute approximate surface area is 199 Å². The molecule has 9 nitrogen and oxygen atoms in total. The van der Waals surface area contributed by atoms with E-state index in [4.69, 9.17) is 11.6 Å². The number of nitro groups is 1. The number of non-ortho nitro benzene ring substituents is 1. The highest BCUT2D eigenvalue weighted by Gasteiger charge is 2.18. The Balaban J connectivity index is 1.82. The number of nitrogens with one attached hydrogen (secondary N) is 1. The van der Waals surface area contributed by atoms with Gasteiger partial charge in [0.15, 0.2) is 10.9 Å². The fourth-order valence-corrected chi connectivity index (χ4v) is 4.09. The molecule has 0 saturated carbocycles. The zero-order valence-electron chi connectivity index (χ0n) is 18.1. The molecule has 0 fully saturated rings. The van der Waals surface area contributed by atoms with Crippen molar-refractivity contribution in [3.05, 3.63) is 74.6 Å². The molecule has 0 aliphatic heterocycles. The number of benzene rings is 2. The lowest BCUT2D eigenvalue weighted by atomic mass is 10.1. The van der Waals surface area contributed by atoms with Crippen LogP contribution >= 0.6 is 23.4 Å². The van der Waals surface area contributed by atoms with Crippen molar-refractivity contribution in [1.82, 2.24) is 20.1 Å². The first-order valence-electron chi connectivity index (χ1n) is 10.1. The Morgan fingerprint density at radius 1 is 1.21 bits per heavy atom. The van der Waals surface area contributed by atoms with Gasteiger partial charge in [0.2, 0.25) is 5.91 Å². The summed E-state index contributed by atoms with van der Waals surface area (Å²) >= 11 is 7.52. The number of ketones is 1. The minimum absolute atomic E-state index is 0.0325. The predicted molar refractivity (Wildman–Crippen MR) is 126 cm³/mol. The van der Waals surface area contributed by atoms with Crippen molar-refractivity contribution in [3.63, 3.8) is 0 Å². The smallest absolute Gasteiger partial charge is 0.270 e. The molecule has 3 aromatic rings. The Bertz CT molecular complexity index is 1200. The van der Waals surface area contributed by atoms with Crippen LogP contribution in [0, 0.1) is 17.0 Å². The average Bonchev–Trinajstić information content (AvgIpc) is 3.19. The monoisotopic (exact) mass is 487 g/mol. The van der Waals surface area contributed by atoms with Gasteiger partial charge in [-0.3, -0.25) is 24.3 Å². The molecule has 33 heavy (non-hydrogen) atoms. The number of carbonyl (C=O) groups excluding carboxylic acids is 2. The number of hydrogen-bond donors (Lipinski definition) is 1. The molecule has 11 heteroatoms. The first-order chi connectivity index (χ1) is 15.8. The molecule has 0 radical (unpaired) electrons. The fraction of sp³-hybridized carbons (Fsp3) is 0.273. The van der Waals surface area contributed by atoms with Crippen LogP contribution in [0.2, 0.25) is 5.02 Å². The SMILES string of the molecule is CC(=O)NCCCc1nnc(SCC(=O)c2cccc([N+](=O)[O-])c2)n1-c1ccc(C)c(Cl)c1. The molecule has 3 rings (SSSR count). The lowest BCUT2D eigenvalue weighted by Crippen LogP contribution is -2.21. The second-order valence-electron chi connectivity index (χ2n) is 7.27. The highest BCUT2D eigenvalue weighted by Crippen LogP contribution is 2.27. The number of Topliss-reactive ketones (excluding diaryl/α,β-unsaturated/α-hetero) is 1. The first-order valence-corrected chi connectivity index (χ1v) is 11.5. The Morgan fingerprint density at radius 2 is 2.00 bits per heavy atom. The van der Waals surface area contributed by atoms with Crippen LogP contribution in [0.1, 0.15) is 35.1 Å². The predicted octanol–water partition coefficient (Wildman–Crippen LogP) is 4.18. The summed E-state index contributed by atoms with van der Waals surface area (Å²) in [4.78, 5) is 34.2. The summed E-state index contributed by atoms with van der Waals surface area (Å²) in [6.07, 6.45) is 1.22. The van der Waals surface area contributed by atoms with Crippen LogP contribution in [0.5, 0.6) is 0 Å². The summed E-state index contributed by atoms with van der Waals surface area (Å²) in [5.74, 6) is 0.348. The Morgan fingerprint density at radius 3 is 2.70 bits per heavy atom. The number of aryl methyl sites for hydroxylation is 2. The maximum absolute atomic E-state index is 12.7. The molecule has 1 N–H and O–H groups in total. The summed E-state index contributed by atoms with van der Waals surface area (Å²) < 4.78 is 1.84. The third-order valence-electron chi connectivity index (χ3n) is 4.78. The zero-order chi connectivity index (χ0) is 24.0. The van der Waals surface area contributed by atoms with Crippen LogP contribution in [0.3, 0.4) is 0 Å². The van der Waals surface area contributed by atoms with E-state index < -0.39 is 4.92 Å². The topological polar surface area (TPSA) is 120 Å². The van der Waals surface area contributed by atoms with Gasteiger partial charge in [-0.05, 0) is 31.0 Å². The van der Waals surface area contributed by atoms with Crippen LogP contribution in [-0.2, 0) is 11.2 Å². The largest absolute Gasteiger partial charge is 0.356 e. The van der Waals surface area contributed by atoms with Crippen molar-refractivity contribution in [2.24, 2.45) is 0 Å². The van der Waals surface area contributed by atoms with Gasteiger partial charge < -0.3 is 5.32 Å². The van der Waals surface area contributed by atoms with E-state index in [1.54, 1.807) is 6.07 Å². The molecule has 1 aromatic heterocycles. The van der Waals surface area contributed by atoms with Crippen LogP contribution in [0.15, 0.2) is 47.6 Å². The highest BCUT2D eigenvalue weighted by atomic mass is 35.5. The van der Waals surface area contributed by atoms with Gasteiger partial charge >= 0.3 is 0 Å². The van der Waals surface area contributed by atoms with Crippen molar-refractivity contribution in [2.45, 2.75) is 31.8 Å². The number of aromatic nitrogens is 3. The summed E-state index contributed by atoms with van der Waals surface area (Å²) in [5, 5.41) is 23.4. The van der Waals surface area contributed by atoms with Crippen LogP contribution in [-0.4, -0.2) is 43.7 Å². The Kier molecular flexibility index (Phi) is 8.18. The average molecular weight is 488 g/mol. The molecule has 2 aromatic carbocycles. The van der Waals surface area contributed by atoms with E-state index in [1.165, 1.54) is 36.9 Å². The van der Waals surface area contributed by atoms with E-state index >= 15 is 0 Å². The van der Waals surface area contributed by atoms with E-state index in [1.807, 2.05) is 29.7 Å². The van der Waals surface area contributed by atoms with Crippen molar-refractivity contribution in [1.29, 1.82) is 0 Å². The maximum Gasteiger partial charge on any atom is 0.270 e. The fourth-order valence-electron chi connectivity index (χ4n) is 3.05. The second kappa shape index (κ2) is 11.1. The number of thioether (sulfide) groups is 1. The molecule has 0 aliphatic carbocycles.